The van der Waals surface area contributed by atoms with Gasteiger partial charge in [0.1, 0.15) is 48.7 Å². The molecule has 12 heteroatoms. The number of cyclic esters (lactones) is 1. The molecule has 1 saturated heterocycles. The van der Waals surface area contributed by atoms with Crippen molar-refractivity contribution in [2.75, 3.05) is 23.8 Å². The van der Waals surface area contributed by atoms with Gasteiger partial charge in [-0.15, -0.1) is 0 Å². The third-order valence-electron chi connectivity index (χ3n) is 5.76. The molecule has 0 bridgehead atoms. The Morgan fingerprint density at radius 3 is 2.77 bits per heavy atom. The van der Waals surface area contributed by atoms with Crippen LogP contribution in [0.2, 0.25) is 5.02 Å². The zero-order chi connectivity index (χ0) is 27.4. The second-order valence-corrected chi connectivity index (χ2v) is 8.90. The van der Waals surface area contributed by atoms with E-state index in [2.05, 4.69) is 25.9 Å². The lowest BCUT2D eigenvalue weighted by Crippen LogP contribution is -2.38. The Labute approximate surface area is 227 Å². The predicted molar refractivity (Wildman–Crippen MR) is 143 cm³/mol. The number of hydrogen-bond donors (Lipinski definition) is 3. The first-order valence-corrected chi connectivity index (χ1v) is 12.4. The molecule has 1 fully saturated rings. The standard InChI is InChI=1S/C27H23ClFN5O5/c1-2-37-24-11-20-18(10-21(24)33-26(35)22-13-39-27(36)34-22)25(31-14-30-20)32-17-6-7-23(19(28)9-17)38-12-15-4-3-5-16(29)8-15/h3-11,14,22H,2,12-13H2,1H3,(H,33,35)(H,34,36)(H,30,31,32)/t22-/m0/s1. The van der Waals surface area contributed by atoms with Gasteiger partial charge in [-0.3, -0.25) is 4.79 Å². The smallest absolute Gasteiger partial charge is 0.407 e. The number of nitrogens with one attached hydrogen (secondary N) is 3. The molecule has 2 amide bonds. The second kappa shape index (κ2) is 11.4. The Kier molecular flexibility index (Phi) is 7.60. The highest BCUT2D eigenvalue weighted by atomic mass is 35.5. The van der Waals surface area contributed by atoms with E-state index >= 15 is 0 Å². The van der Waals surface area contributed by atoms with E-state index in [1.54, 1.807) is 42.5 Å². The zero-order valence-electron chi connectivity index (χ0n) is 20.7. The Bertz CT molecular complexity index is 1550. The quantitative estimate of drug-likeness (QED) is 0.260. The number of halogens is 2. The van der Waals surface area contributed by atoms with Crippen LogP contribution in [-0.4, -0.2) is 41.2 Å². The number of nitrogens with zero attached hydrogens (tertiary/aromatic N) is 2. The minimum Gasteiger partial charge on any atom is -0.492 e. The topological polar surface area (TPSA) is 124 Å². The van der Waals surface area contributed by atoms with Gasteiger partial charge in [-0.05, 0) is 48.9 Å². The maximum absolute atomic E-state index is 13.4. The van der Waals surface area contributed by atoms with E-state index in [4.69, 9.17) is 25.8 Å². The van der Waals surface area contributed by atoms with Crippen molar-refractivity contribution in [3.05, 3.63) is 77.3 Å². The molecule has 3 N–H and O–H groups in total. The van der Waals surface area contributed by atoms with Gasteiger partial charge in [-0.1, -0.05) is 23.7 Å². The van der Waals surface area contributed by atoms with Gasteiger partial charge in [0.25, 0.3) is 5.91 Å². The summed E-state index contributed by atoms with van der Waals surface area (Å²) in [7, 11) is 0. The lowest BCUT2D eigenvalue weighted by molar-refractivity contribution is -0.117. The van der Waals surface area contributed by atoms with Gasteiger partial charge in [0.05, 0.1) is 22.8 Å². The van der Waals surface area contributed by atoms with E-state index in [1.807, 2.05) is 6.92 Å². The van der Waals surface area contributed by atoms with Crippen molar-refractivity contribution in [2.45, 2.75) is 19.6 Å². The fraction of sp³-hybridized carbons (Fsp3) is 0.185. The molecule has 1 aliphatic heterocycles. The third-order valence-corrected chi connectivity index (χ3v) is 6.06. The van der Waals surface area contributed by atoms with Crippen molar-refractivity contribution < 1.29 is 28.2 Å². The molecule has 5 rings (SSSR count). The van der Waals surface area contributed by atoms with Crippen LogP contribution in [0.15, 0.2) is 60.9 Å². The van der Waals surface area contributed by atoms with E-state index in [0.717, 1.165) is 0 Å². The molecule has 39 heavy (non-hydrogen) atoms. The lowest BCUT2D eigenvalue weighted by atomic mass is 10.1. The first kappa shape index (κ1) is 26.0. The number of carbonyl (C=O) groups excluding carboxylic acids is 2. The number of ether oxygens (including phenoxy) is 3. The Hall–Kier alpha value is -4.64. The summed E-state index contributed by atoms with van der Waals surface area (Å²) in [6.45, 7) is 2.28. The lowest BCUT2D eigenvalue weighted by Gasteiger charge is -2.16. The molecule has 10 nitrogen and oxygen atoms in total. The van der Waals surface area contributed by atoms with Gasteiger partial charge in [0, 0.05) is 17.1 Å². The number of fused-ring (bicyclic) bond motifs is 1. The van der Waals surface area contributed by atoms with Gasteiger partial charge in [0.15, 0.2) is 0 Å². The summed E-state index contributed by atoms with van der Waals surface area (Å²) in [5.41, 5.74) is 2.27. The number of aromatic nitrogens is 2. The summed E-state index contributed by atoms with van der Waals surface area (Å²) < 4.78 is 29.7. The number of rotatable bonds is 9. The summed E-state index contributed by atoms with van der Waals surface area (Å²) >= 11 is 6.45. The molecular formula is C27H23ClFN5O5. The third kappa shape index (κ3) is 6.10. The Morgan fingerprint density at radius 1 is 1.15 bits per heavy atom. The molecule has 0 aliphatic carbocycles. The molecule has 1 atom stereocenters. The predicted octanol–water partition coefficient (Wildman–Crippen LogP) is 5.19. The number of alkyl carbamates (subject to hydrolysis) is 1. The number of anilines is 3. The van der Waals surface area contributed by atoms with Gasteiger partial charge in [-0.25, -0.2) is 19.2 Å². The van der Waals surface area contributed by atoms with E-state index in [0.29, 0.717) is 56.8 Å². The molecule has 1 aliphatic rings. The average Bonchev–Trinajstić information content (AvgIpc) is 3.35. The molecular weight excluding hydrogens is 529 g/mol. The number of hydrogen-bond acceptors (Lipinski definition) is 8. The first-order chi connectivity index (χ1) is 18.9. The van der Waals surface area contributed by atoms with Crippen molar-refractivity contribution in [3.63, 3.8) is 0 Å². The highest BCUT2D eigenvalue weighted by Gasteiger charge is 2.29. The summed E-state index contributed by atoms with van der Waals surface area (Å²) in [4.78, 5) is 32.7. The highest BCUT2D eigenvalue weighted by Crippen LogP contribution is 2.35. The van der Waals surface area contributed by atoms with Crippen molar-refractivity contribution in [1.82, 2.24) is 15.3 Å². The van der Waals surface area contributed by atoms with Crippen LogP contribution in [-0.2, 0) is 16.1 Å². The van der Waals surface area contributed by atoms with Gasteiger partial charge in [0.2, 0.25) is 0 Å². The molecule has 0 radical (unpaired) electrons. The molecule has 200 valence electrons. The summed E-state index contributed by atoms with van der Waals surface area (Å²) in [5.74, 6) is 0.521. The summed E-state index contributed by atoms with van der Waals surface area (Å²) in [6, 6.07) is 13.8. The molecule has 2 heterocycles. The van der Waals surface area contributed by atoms with Crippen LogP contribution in [0.3, 0.4) is 0 Å². The number of benzene rings is 3. The minimum absolute atomic E-state index is 0.0686. The molecule has 4 aromatic rings. The monoisotopic (exact) mass is 551 g/mol. The van der Waals surface area contributed by atoms with Crippen LogP contribution in [0.25, 0.3) is 10.9 Å². The molecule has 0 unspecified atom stereocenters. The SMILES string of the molecule is CCOc1cc2ncnc(Nc3ccc(OCc4cccc(F)c4)c(Cl)c3)c2cc1NC(=O)[C@@H]1COC(=O)N1. The van der Waals surface area contributed by atoms with Crippen molar-refractivity contribution in [2.24, 2.45) is 0 Å². The number of carbonyl (C=O) groups is 2. The first-order valence-electron chi connectivity index (χ1n) is 12.0. The normalized spacial score (nSPS) is 14.4. The van der Waals surface area contributed by atoms with Crippen molar-refractivity contribution in [1.29, 1.82) is 0 Å². The Balaban J connectivity index is 1.37. The van der Waals surface area contributed by atoms with Crippen LogP contribution in [0.5, 0.6) is 11.5 Å². The second-order valence-electron chi connectivity index (χ2n) is 8.49. The van der Waals surface area contributed by atoms with E-state index in [1.165, 1.54) is 18.5 Å². The maximum atomic E-state index is 13.4. The average molecular weight is 552 g/mol. The van der Waals surface area contributed by atoms with Gasteiger partial charge in [-0.2, -0.15) is 0 Å². The van der Waals surface area contributed by atoms with Gasteiger partial charge < -0.3 is 30.2 Å². The van der Waals surface area contributed by atoms with Crippen LogP contribution >= 0.6 is 11.6 Å². The van der Waals surface area contributed by atoms with Crippen molar-refractivity contribution in [3.8, 4) is 11.5 Å². The van der Waals surface area contributed by atoms with E-state index in [9.17, 15) is 14.0 Å². The van der Waals surface area contributed by atoms with E-state index in [-0.39, 0.29) is 19.0 Å². The summed E-state index contributed by atoms with van der Waals surface area (Å²) in [5, 5.41) is 9.40. The molecule has 3 aromatic carbocycles. The fourth-order valence-electron chi connectivity index (χ4n) is 3.92. The summed E-state index contributed by atoms with van der Waals surface area (Å²) in [6.07, 6.45) is 0.755. The van der Waals surface area contributed by atoms with Crippen LogP contribution < -0.4 is 25.4 Å². The van der Waals surface area contributed by atoms with Crippen LogP contribution in [0, 0.1) is 5.82 Å². The highest BCUT2D eigenvalue weighted by molar-refractivity contribution is 6.32. The van der Waals surface area contributed by atoms with Crippen LogP contribution in [0.1, 0.15) is 12.5 Å². The molecule has 0 spiro atoms. The van der Waals surface area contributed by atoms with E-state index < -0.39 is 18.0 Å². The maximum Gasteiger partial charge on any atom is 0.407 e. The fourth-order valence-corrected chi connectivity index (χ4v) is 4.16. The Morgan fingerprint density at radius 2 is 2.03 bits per heavy atom. The minimum atomic E-state index is -0.823. The molecule has 0 saturated carbocycles. The van der Waals surface area contributed by atoms with Crippen LogP contribution in [0.4, 0.5) is 26.4 Å². The zero-order valence-corrected chi connectivity index (χ0v) is 21.4. The largest absolute Gasteiger partial charge is 0.492 e. The van der Waals surface area contributed by atoms with Crippen molar-refractivity contribution >= 4 is 51.7 Å². The molecule has 1 aromatic heterocycles. The number of amides is 2. The van der Waals surface area contributed by atoms with Gasteiger partial charge >= 0.3 is 6.09 Å².